The van der Waals surface area contributed by atoms with E-state index in [1.807, 2.05) is 6.92 Å². The first-order valence-corrected chi connectivity index (χ1v) is 12.0. The summed E-state index contributed by atoms with van der Waals surface area (Å²) in [4.78, 5) is 39.4. The minimum absolute atomic E-state index is 0.178. The molecule has 10 heteroatoms. The summed E-state index contributed by atoms with van der Waals surface area (Å²) >= 11 is 6.13. The van der Waals surface area contributed by atoms with Crippen molar-refractivity contribution in [3.8, 4) is 5.75 Å². The molecule has 3 atom stereocenters. The van der Waals surface area contributed by atoms with Crippen molar-refractivity contribution >= 4 is 40.8 Å². The fourth-order valence-corrected chi connectivity index (χ4v) is 4.59. The van der Waals surface area contributed by atoms with Crippen molar-refractivity contribution in [2.24, 2.45) is 0 Å². The second-order valence-corrected chi connectivity index (χ2v) is 9.00. The van der Waals surface area contributed by atoms with Crippen LogP contribution in [-0.2, 0) is 9.53 Å². The number of hydrogen-bond donors (Lipinski definition) is 3. The minimum atomic E-state index is -0.378. The number of anilines is 2. The third kappa shape index (κ3) is 5.86. The van der Waals surface area contributed by atoms with Crippen molar-refractivity contribution in [1.82, 2.24) is 10.2 Å². The molecule has 0 saturated carbocycles. The van der Waals surface area contributed by atoms with Crippen LogP contribution in [0.4, 0.5) is 16.2 Å². The minimum Gasteiger partial charge on any atom is -0.490 e. The molecule has 1 saturated heterocycles. The molecule has 35 heavy (non-hydrogen) atoms. The van der Waals surface area contributed by atoms with Gasteiger partial charge in [0.05, 0.1) is 34.8 Å². The van der Waals surface area contributed by atoms with Gasteiger partial charge in [-0.05, 0) is 50.1 Å². The molecular formula is C25H29ClN4O5. The number of carbonyl (C=O) groups excluding carboxylic acids is 3. The molecule has 0 aliphatic carbocycles. The van der Waals surface area contributed by atoms with Crippen LogP contribution in [0.1, 0.15) is 36.5 Å². The molecule has 0 spiro atoms. The number of benzene rings is 2. The first-order chi connectivity index (χ1) is 16.9. The molecule has 0 bridgehead atoms. The lowest BCUT2D eigenvalue weighted by atomic mass is 9.94. The number of hydrogen-bond acceptors (Lipinski definition) is 5. The van der Waals surface area contributed by atoms with E-state index in [4.69, 9.17) is 21.1 Å². The molecule has 3 N–H and O–H groups in total. The molecule has 1 fully saturated rings. The topological polar surface area (TPSA) is 109 Å². The number of halogens is 1. The first kappa shape index (κ1) is 24.8. The van der Waals surface area contributed by atoms with Gasteiger partial charge < -0.3 is 30.3 Å². The van der Waals surface area contributed by atoms with E-state index in [-0.39, 0.29) is 49.1 Å². The summed E-state index contributed by atoms with van der Waals surface area (Å²) in [5, 5.41) is 8.68. The summed E-state index contributed by atoms with van der Waals surface area (Å²) in [6, 6.07) is 11.5. The Labute approximate surface area is 209 Å². The molecule has 4 rings (SSSR count). The Bertz CT molecular complexity index is 1110. The Balaban J connectivity index is 1.42. The van der Waals surface area contributed by atoms with Gasteiger partial charge in [0.25, 0.3) is 5.91 Å². The van der Waals surface area contributed by atoms with Crippen molar-refractivity contribution in [2.75, 3.05) is 30.8 Å². The highest BCUT2D eigenvalue weighted by Crippen LogP contribution is 2.32. The standard InChI is InChI=1S/C25H29ClN4O5/c1-3-27-25(33)28-15-8-11-21-17(12-15)24(32)30(2)20-10-9-16(35-22(20)14-34-21)13-23(31)29-19-7-5-4-6-18(19)26/h4-8,11-12,16,20,22H,3,9-10,13-14H2,1-2H3,(H,29,31)(H2,27,28,33)/t16-,20+,22-/m1/s1. The van der Waals surface area contributed by atoms with E-state index in [0.29, 0.717) is 47.1 Å². The summed E-state index contributed by atoms with van der Waals surface area (Å²) in [6.07, 6.45) is 0.801. The molecule has 186 valence electrons. The summed E-state index contributed by atoms with van der Waals surface area (Å²) in [5.41, 5.74) is 1.44. The van der Waals surface area contributed by atoms with Crippen LogP contribution in [0.15, 0.2) is 42.5 Å². The van der Waals surface area contributed by atoms with Gasteiger partial charge in [0.2, 0.25) is 5.91 Å². The van der Waals surface area contributed by atoms with Crippen molar-refractivity contribution in [1.29, 1.82) is 0 Å². The second-order valence-electron chi connectivity index (χ2n) is 8.60. The molecule has 2 heterocycles. The summed E-state index contributed by atoms with van der Waals surface area (Å²) in [6.45, 7) is 2.55. The van der Waals surface area contributed by atoms with E-state index in [1.54, 1.807) is 54.4 Å². The van der Waals surface area contributed by atoms with Gasteiger partial charge in [-0.2, -0.15) is 0 Å². The predicted octanol–water partition coefficient (Wildman–Crippen LogP) is 3.89. The molecule has 9 nitrogen and oxygen atoms in total. The Morgan fingerprint density at radius 1 is 1.14 bits per heavy atom. The maximum absolute atomic E-state index is 13.3. The Morgan fingerprint density at radius 2 is 1.94 bits per heavy atom. The van der Waals surface area contributed by atoms with E-state index in [9.17, 15) is 14.4 Å². The number of ether oxygens (including phenoxy) is 2. The number of nitrogens with zero attached hydrogens (tertiary/aromatic N) is 1. The number of rotatable bonds is 5. The van der Waals surface area contributed by atoms with Crippen LogP contribution in [-0.4, -0.2) is 61.2 Å². The second kappa shape index (κ2) is 11.0. The Hall–Kier alpha value is -3.30. The lowest BCUT2D eigenvalue weighted by molar-refractivity contribution is -0.130. The molecule has 2 aromatic rings. The highest BCUT2D eigenvalue weighted by molar-refractivity contribution is 6.33. The van der Waals surface area contributed by atoms with Crippen molar-refractivity contribution in [2.45, 2.75) is 44.4 Å². The van der Waals surface area contributed by atoms with Crippen LogP contribution < -0.4 is 20.7 Å². The number of fused-ring (bicyclic) bond motifs is 2. The van der Waals surface area contributed by atoms with Crippen molar-refractivity contribution in [3.63, 3.8) is 0 Å². The number of urea groups is 1. The number of carbonyl (C=O) groups is 3. The van der Waals surface area contributed by atoms with E-state index < -0.39 is 0 Å². The SMILES string of the molecule is CCNC(=O)Nc1ccc2c(c1)C(=O)N(C)[C@H]1CC[C@H](CC(=O)Nc3ccccc3Cl)O[C@@H]1CO2. The molecule has 2 aliphatic heterocycles. The predicted molar refractivity (Wildman–Crippen MR) is 133 cm³/mol. The fraction of sp³-hybridized carbons (Fsp3) is 0.400. The van der Waals surface area contributed by atoms with Gasteiger partial charge >= 0.3 is 6.03 Å². The van der Waals surface area contributed by atoms with E-state index in [0.717, 1.165) is 0 Å². The molecule has 2 aliphatic rings. The summed E-state index contributed by atoms with van der Waals surface area (Å²) in [7, 11) is 1.74. The van der Waals surface area contributed by atoms with Gasteiger partial charge in [0.15, 0.2) is 0 Å². The van der Waals surface area contributed by atoms with E-state index >= 15 is 0 Å². The third-order valence-corrected chi connectivity index (χ3v) is 6.50. The number of amides is 4. The van der Waals surface area contributed by atoms with Gasteiger partial charge in [-0.3, -0.25) is 9.59 Å². The van der Waals surface area contributed by atoms with Crippen LogP contribution in [0.3, 0.4) is 0 Å². The van der Waals surface area contributed by atoms with Crippen LogP contribution in [0.2, 0.25) is 5.02 Å². The largest absolute Gasteiger partial charge is 0.490 e. The van der Waals surface area contributed by atoms with Gasteiger partial charge in [0, 0.05) is 19.3 Å². The van der Waals surface area contributed by atoms with Crippen LogP contribution in [0, 0.1) is 0 Å². The van der Waals surface area contributed by atoms with Gasteiger partial charge in [0.1, 0.15) is 18.5 Å². The highest BCUT2D eigenvalue weighted by atomic mass is 35.5. The zero-order valence-electron chi connectivity index (χ0n) is 19.7. The normalized spacial score (nSPS) is 21.5. The van der Waals surface area contributed by atoms with Crippen LogP contribution in [0.25, 0.3) is 0 Å². The Morgan fingerprint density at radius 3 is 2.71 bits per heavy atom. The van der Waals surface area contributed by atoms with Crippen LogP contribution in [0.5, 0.6) is 5.75 Å². The average molecular weight is 501 g/mol. The monoisotopic (exact) mass is 500 g/mol. The zero-order chi connectivity index (χ0) is 24.9. The van der Waals surface area contributed by atoms with Crippen LogP contribution >= 0.6 is 11.6 Å². The average Bonchev–Trinajstić information content (AvgIpc) is 2.83. The quantitative estimate of drug-likeness (QED) is 0.577. The van der Waals surface area contributed by atoms with Gasteiger partial charge in [-0.15, -0.1) is 0 Å². The maximum atomic E-state index is 13.3. The van der Waals surface area contributed by atoms with E-state index in [1.165, 1.54) is 0 Å². The smallest absolute Gasteiger partial charge is 0.319 e. The number of nitrogens with one attached hydrogen (secondary N) is 3. The molecule has 0 aromatic heterocycles. The van der Waals surface area contributed by atoms with Crippen molar-refractivity contribution < 1.29 is 23.9 Å². The molecule has 2 aromatic carbocycles. The maximum Gasteiger partial charge on any atom is 0.319 e. The van der Waals surface area contributed by atoms with Crippen molar-refractivity contribution in [3.05, 3.63) is 53.1 Å². The molecule has 0 unspecified atom stereocenters. The highest BCUT2D eigenvalue weighted by Gasteiger charge is 2.39. The number of para-hydroxylation sites is 1. The first-order valence-electron chi connectivity index (χ1n) is 11.6. The third-order valence-electron chi connectivity index (χ3n) is 6.17. The fourth-order valence-electron chi connectivity index (χ4n) is 4.41. The zero-order valence-corrected chi connectivity index (χ0v) is 20.4. The number of likely N-dealkylation sites (N-methyl/N-ethyl adjacent to an activating group) is 1. The molecule has 0 radical (unpaired) electrons. The lowest BCUT2D eigenvalue weighted by Gasteiger charge is -2.42. The molecule has 4 amide bonds. The summed E-state index contributed by atoms with van der Waals surface area (Å²) in [5.74, 6) is 0.0203. The lowest BCUT2D eigenvalue weighted by Crippen LogP contribution is -2.53. The van der Waals surface area contributed by atoms with E-state index in [2.05, 4.69) is 16.0 Å². The van der Waals surface area contributed by atoms with Gasteiger partial charge in [-0.1, -0.05) is 23.7 Å². The summed E-state index contributed by atoms with van der Waals surface area (Å²) < 4.78 is 12.2. The molecular weight excluding hydrogens is 472 g/mol. The Kier molecular flexibility index (Phi) is 7.77. The van der Waals surface area contributed by atoms with Gasteiger partial charge in [-0.25, -0.2) is 4.79 Å².